The van der Waals surface area contributed by atoms with Gasteiger partial charge in [0.15, 0.2) is 0 Å². The van der Waals surface area contributed by atoms with Crippen molar-refractivity contribution in [3.63, 3.8) is 0 Å². The Hall–Kier alpha value is -2.46. The Labute approximate surface area is 223 Å². The zero-order valence-electron chi connectivity index (χ0n) is 22.4. The van der Waals surface area contributed by atoms with Gasteiger partial charge in [-0.1, -0.05) is 118 Å². The van der Waals surface area contributed by atoms with E-state index in [0.29, 0.717) is 5.92 Å². The molecule has 5 rings (SSSR count). The van der Waals surface area contributed by atoms with Gasteiger partial charge in [0.25, 0.3) is 0 Å². The van der Waals surface area contributed by atoms with Crippen LogP contribution in [0.5, 0.6) is 0 Å². The second-order valence-electron chi connectivity index (χ2n) is 11.0. The molecule has 196 valence electrons. The van der Waals surface area contributed by atoms with Crippen LogP contribution >= 0.6 is 0 Å². The monoisotopic (exact) mass is 497 g/mol. The van der Waals surface area contributed by atoms with Crippen molar-refractivity contribution >= 4 is 0 Å². The molecular weight excluding hydrogens is 454 g/mol. The summed E-state index contributed by atoms with van der Waals surface area (Å²) in [5.74, 6) is 0.692. The Morgan fingerprint density at radius 2 is 1.35 bits per heavy atom. The van der Waals surface area contributed by atoms with Gasteiger partial charge in [0.05, 0.1) is 6.10 Å². The molecule has 0 spiro atoms. The highest BCUT2D eigenvalue weighted by molar-refractivity contribution is 5.31. The SMILES string of the molecule is CCCC(O)(c1ccc(C2CCCCC2)cc1)N1CCC(OC(c2ccccc2)c2ccccc2)CC1. The largest absolute Gasteiger partial charge is 0.371 e. The second-order valence-corrected chi connectivity index (χ2v) is 11.0. The molecule has 0 bridgehead atoms. The molecule has 1 heterocycles. The van der Waals surface area contributed by atoms with Gasteiger partial charge in [0.2, 0.25) is 0 Å². The molecule has 1 unspecified atom stereocenters. The molecule has 1 saturated heterocycles. The zero-order chi connectivity index (χ0) is 25.5. The minimum Gasteiger partial charge on any atom is -0.371 e. The number of rotatable bonds is 9. The molecule has 1 aliphatic carbocycles. The number of piperidine rings is 1. The van der Waals surface area contributed by atoms with Gasteiger partial charge < -0.3 is 9.84 Å². The van der Waals surface area contributed by atoms with Crippen molar-refractivity contribution in [1.82, 2.24) is 4.90 Å². The van der Waals surface area contributed by atoms with Crippen molar-refractivity contribution in [2.75, 3.05) is 13.1 Å². The van der Waals surface area contributed by atoms with Crippen LogP contribution in [0.1, 0.15) is 99.0 Å². The van der Waals surface area contributed by atoms with Gasteiger partial charge in [0.1, 0.15) is 11.8 Å². The van der Waals surface area contributed by atoms with Crippen molar-refractivity contribution < 1.29 is 9.84 Å². The van der Waals surface area contributed by atoms with Gasteiger partial charge in [-0.25, -0.2) is 0 Å². The van der Waals surface area contributed by atoms with Crippen LogP contribution in [-0.2, 0) is 10.5 Å². The van der Waals surface area contributed by atoms with E-state index < -0.39 is 5.72 Å². The van der Waals surface area contributed by atoms with E-state index in [9.17, 15) is 5.11 Å². The lowest BCUT2D eigenvalue weighted by Gasteiger charge is -2.44. The number of likely N-dealkylation sites (tertiary alicyclic amines) is 1. The molecule has 2 fully saturated rings. The van der Waals surface area contributed by atoms with E-state index in [1.165, 1.54) is 48.8 Å². The maximum atomic E-state index is 12.0. The van der Waals surface area contributed by atoms with Crippen LogP contribution in [0.4, 0.5) is 0 Å². The lowest BCUT2D eigenvalue weighted by Crippen LogP contribution is -2.51. The fourth-order valence-electron chi connectivity index (χ4n) is 6.45. The van der Waals surface area contributed by atoms with E-state index >= 15 is 0 Å². The first-order valence-corrected chi connectivity index (χ1v) is 14.5. The summed E-state index contributed by atoms with van der Waals surface area (Å²) < 4.78 is 6.76. The average Bonchev–Trinajstić information content (AvgIpc) is 2.98. The Kier molecular flexibility index (Phi) is 8.76. The third kappa shape index (κ3) is 6.17. The van der Waals surface area contributed by atoms with E-state index in [-0.39, 0.29) is 12.2 Å². The van der Waals surface area contributed by atoms with Gasteiger partial charge in [-0.2, -0.15) is 0 Å². The molecule has 0 amide bonds. The molecule has 37 heavy (non-hydrogen) atoms. The third-order valence-electron chi connectivity index (χ3n) is 8.55. The highest BCUT2D eigenvalue weighted by atomic mass is 16.5. The molecule has 3 nitrogen and oxygen atoms in total. The van der Waals surface area contributed by atoms with Crippen LogP contribution in [0.15, 0.2) is 84.9 Å². The third-order valence-corrected chi connectivity index (χ3v) is 8.55. The average molecular weight is 498 g/mol. The molecule has 1 aliphatic heterocycles. The molecule has 3 aromatic carbocycles. The second kappa shape index (κ2) is 12.4. The van der Waals surface area contributed by atoms with Crippen molar-refractivity contribution in [3.8, 4) is 0 Å². The molecular formula is C34H43NO2. The van der Waals surface area contributed by atoms with Crippen LogP contribution in [0, 0.1) is 0 Å². The summed E-state index contributed by atoms with van der Waals surface area (Å²) in [6.07, 6.45) is 10.3. The predicted molar refractivity (Wildman–Crippen MR) is 151 cm³/mol. The molecule has 0 radical (unpaired) electrons. The van der Waals surface area contributed by atoms with Gasteiger partial charge in [-0.3, -0.25) is 4.90 Å². The molecule has 3 aromatic rings. The molecule has 2 aliphatic rings. The van der Waals surface area contributed by atoms with E-state index in [1.54, 1.807) is 0 Å². The summed E-state index contributed by atoms with van der Waals surface area (Å²) in [4.78, 5) is 2.30. The number of nitrogens with zero attached hydrogens (tertiary/aromatic N) is 1. The molecule has 0 aromatic heterocycles. The summed E-state index contributed by atoms with van der Waals surface area (Å²) in [7, 11) is 0. The normalized spacial score (nSPS) is 19.6. The van der Waals surface area contributed by atoms with Gasteiger partial charge in [-0.15, -0.1) is 0 Å². The van der Waals surface area contributed by atoms with Gasteiger partial charge in [0, 0.05) is 13.1 Å². The van der Waals surface area contributed by atoms with Crippen molar-refractivity contribution in [3.05, 3.63) is 107 Å². The van der Waals surface area contributed by atoms with E-state index in [1.807, 2.05) is 0 Å². The maximum Gasteiger partial charge on any atom is 0.144 e. The first kappa shape index (κ1) is 26.2. The summed E-state index contributed by atoms with van der Waals surface area (Å²) in [5.41, 5.74) is 3.96. The summed E-state index contributed by atoms with van der Waals surface area (Å²) >= 11 is 0. The van der Waals surface area contributed by atoms with Gasteiger partial charge >= 0.3 is 0 Å². The highest BCUT2D eigenvalue weighted by Gasteiger charge is 2.38. The Morgan fingerprint density at radius 1 is 0.784 bits per heavy atom. The number of hydrogen-bond donors (Lipinski definition) is 1. The lowest BCUT2D eigenvalue weighted by atomic mass is 9.83. The summed E-state index contributed by atoms with van der Waals surface area (Å²) in [6.45, 7) is 3.84. The van der Waals surface area contributed by atoms with Crippen LogP contribution in [0.2, 0.25) is 0 Å². The fraction of sp³-hybridized carbons (Fsp3) is 0.471. The zero-order valence-corrected chi connectivity index (χ0v) is 22.4. The standard InChI is InChI=1S/C34H43NO2/c1-2-24-34(36,31-20-18-28(19-21-31)27-12-6-3-7-13-27)35-25-22-32(23-26-35)37-33(29-14-8-4-9-15-29)30-16-10-5-11-17-30/h4-5,8-11,14-21,27,32-33,36H,2-3,6-7,12-13,22-26H2,1H3. The van der Waals surface area contributed by atoms with Crippen molar-refractivity contribution in [2.24, 2.45) is 0 Å². The Bertz CT molecular complexity index is 1030. The molecule has 3 heteroatoms. The Morgan fingerprint density at radius 3 is 1.89 bits per heavy atom. The highest BCUT2D eigenvalue weighted by Crippen LogP contribution is 2.38. The quantitative estimate of drug-likeness (QED) is 0.326. The maximum absolute atomic E-state index is 12.0. The van der Waals surface area contributed by atoms with Crippen LogP contribution in [-0.4, -0.2) is 29.2 Å². The fourth-order valence-corrected chi connectivity index (χ4v) is 6.45. The molecule has 1 N–H and O–H groups in total. The topological polar surface area (TPSA) is 32.7 Å². The number of benzene rings is 3. The molecule has 1 saturated carbocycles. The summed E-state index contributed by atoms with van der Waals surface area (Å²) in [5, 5.41) is 12.0. The van der Waals surface area contributed by atoms with E-state index in [4.69, 9.17) is 4.74 Å². The van der Waals surface area contributed by atoms with Crippen LogP contribution in [0.25, 0.3) is 0 Å². The van der Waals surface area contributed by atoms with Gasteiger partial charge in [-0.05, 0) is 60.3 Å². The summed E-state index contributed by atoms with van der Waals surface area (Å²) in [6, 6.07) is 30.0. The minimum atomic E-state index is -0.914. The van der Waals surface area contributed by atoms with Crippen LogP contribution in [0.3, 0.4) is 0 Å². The van der Waals surface area contributed by atoms with Crippen molar-refractivity contribution in [1.29, 1.82) is 0 Å². The number of ether oxygens (including phenoxy) is 1. The smallest absolute Gasteiger partial charge is 0.144 e. The lowest BCUT2D eigenvalue weighted by molar-refractivity contribution is -0.147. The van der Waals surface area contributed by atoms with E-state index in [0.717, 1.165) is 44.3 Å². The minimum absolute atomic E-state index is 0.0687. The number of hydrogen-bond acceptors (Lipinski definition) is 3. The molecule has 1 atom stereocenters. The Balaban J connectivity index is 1.27. The number of aliphatic hydroxyl groups is 1. The first-order valence-electron chi connectivity index (χ1n) is 14.5. The van der Waals surface area contributed by atoms with Crippen molar-refractivity contribution in [2.45, 2.75) is 88.6 Å². The first-order chi connectivity index (χ1) is 18.2. The van der Waals surface area contributed by atoms with E-state index in [2.05, 4.69) is 96.8 Å². The van der Waals surface area contributed by atoms with Crippen LogP contribution < -0.4 is 0 Å². The predicted octanol–water partition coefficient (Wildman–Crippen LogP) is 7.95.